The zero-order chi connectivity index (χ0) is 15.0. The predicted octanol–water partition coefficient (Wildman–Crippen LogP) is 1.15. The average Bonchev–Trinajstić information content (AvgIpc) is 3.10. The summed E-state index contributed by atoms with van der Waals surface area (Å²) < 4.78 is 5.30. The lowest BCUT2D eigenvalue weighted by molar-refractivity contribution is -0.128. The Labute approximate surface area is 123 Å². The minimum atomic E-state index is -0.509. The topological polar surface area (TPSA) is 75.4 Å². The minimum Gasteiger partial charge on any atom is -0.359 e. The van der Waals surface area contributed by atoms with E-state index in [0.29, 0.717) is 25.3 Å². The lowest BCUT2D eigenvalue weighted by atomic mass is 9.89. The van der Waals surface area contributed by atoms with Gasteiger partial charge in [-0.1, -0.05) is 5.16 Å². The smallest absolute Gasteiger partial charge is 0.292 e. The number of amides is 2. The Balaban J connectivity index is 1.78. The van der Waals surface area contributed by atoms with Crippen LogP contribution in [0.5, 0.6) is 0 Å². The molecule has 1 atom stereocenters. The highest BCUT2D eigenvalue weighted by Gasteiger charge is 2.43. The van der Waals surface area contributed by atoms with Crippen LogP contribution in [0.25, 0.3) is 0 Å². The van der Waals surface area contributed by atoms with E-state index in [-0.39, 0.29) is 11.8 Å². The molecule has 2 amide bonds. The first-order chi connectivity index (χ1) is 10.0. The summed E-state index contributed by atoms with van der Waals surface area (Å²) in [6.45, 7) is 2.91. The number of fused-ring (bicyclic) bond motifs is 1. The van der Waals surface area contributed by atoms with Crippen molar-refractivity contribution in [3.8, 4) is 0 Å². The Morgan fingerprint density at radius 3 is 2.86 bits per heavy atom. The van der Waals surface area contributed by atoms with Crippen molar-refractivity contribution in [2.45, 2.75) is 39.0 Å². The molecule has 1 aliphatic carbocycles. The molecule has 1 unspecified atom stereocenters. The number of carbonyl (C=O) groups excluding carboxylic acids is 2. The monoisotopic (exact) mass is 291 g/mol. The number of likely N-dealkylation sites (tertiary alicyclic amines) is 1. The van der Waals surface area contributed by atoms with Crippen molar-refractivity contribution >= 4 is 11.8 Å². The number of aromatic nitrogens is 1. The Bertz CT molecular complexity index is 581. The highest BCUT2D eigenvalue weighted by Crippen LogP contribution is 2.32. The van der Waals surface area contributed by atoms with Gasteiger partial charge in [-0.25, -0.2) is 0 Å². The van der Waals surface area contributed by atoms with E-state index in [0.717, 1.165) is 36.9 Å². The summed E-state index contributed by atoms with van der Waals surface area (Å²) in [5, 5.41) is 6.71. The van der Waals surface area contributed by atoms with Gasteiger partial charge in [0.1, 0.15) is 0 Å². The van der Waals surface area contributed by atoms with Crippen LogP contribution in [0, 0.1) is 5.41 Å². The molecule has 1 N–H and O–H groups in total. The second kappa shape index (κ2) is 5.16. The van der Waals surface area contributed by atoms with Gasteiger partial charge in [0.25, 0.3) is 5.91 Å². The summed E-state index contributed by atoms with van der Waals surface area (Å²) in [6, 6.07) is 0. The third-order valence-corrected chi connectivity index (χ3v) is 4.69. The van der Waals surface area contributed by atoms with Gasteiger partial charge < -0.3 is 14.7 Å². The number of aryl methyl sites for hydroxylation is 1. The molecule has 1 aromatic heterocycles. The van der Waals surface area contributed by atoms with Crippen molar-refractivity contribution < 1.29 is 14.1 Å². The first-order valence-corrected chi connectivity index (χ1v) is 7.54. The summed E-state index contributed by atoms with van der Waals surface area (Å²) in [5.74, 6) is 0.238. The summed E-state index contributed by atoms with van der Waals surface area (Å²) >= 11 is 0. The molecular weight excluding hydrogens is 270 g/mol. The third kappa shape index (κ3) is 2.32. The highest BCUT2D eigenvalue weighted by molar-refractivity contribution is 5.94. The molecule has 3 rings (SSSR count). The number of hydrogen-bond acceptors (Lipinski definition) is 4. The van der Waals surface area contributed by atoms with Crippen LogP contribution in [0.4, 0.5) is 0 Å². The van der Waals surface area contributed by atoms with Crippen LogP contribution in [0.15, 0.2) is 4.52 Å². The van der Waals surface area contributed by atoms with Gasteiger partial charge in [0.05, 0.1) is 11.1 Å². The molecule has 21 heavy (non-hydrogen) atoms. The Morgan fingerprint density at radius 2 is 2.10 bits per heavy atom. The Kier molecular flexibility index (Phi) is 3.47. The fraction of sp³-hybridized carbons (Fsp3) is 0.667. The first kappa shape index (κ1) is 14.1. The molecule has 0 spiro atoms. The van der Waals surface area contributed by atoms with Gasteiger partial charge in [-0.3, -0.25) is 9.59 Å². The van der Waals surface area contributed by atoms with Gasteiger partial charge in [-0.2, -0.15) is 0 Å². The van der Waals surface area contributed by atoms with E-state index in [2.05, 4.69) is 10.5 Å². The molecule has 0 bridgehead atoms. The summed E-state index contributed by atoms with van der Waals surface area (Å²) in [6.07, 6.45) is 4.60. The number of carbonyl (C=O) groups is 2. The second-order valence-electron chi connectivity index (χ2n) is 6.26. The van der Waals surface area contributed by atoms with Crippen LogP contribution in [0.1, 0.15) is 48.0 Å². The highest BCUT2D eigenvalue weighted by atomic mass is 16.5. The normalized spacial score (nSPS) is 24.8. The largest absolute Gasteiger partial charge is 0.359 e. The van der Waals surface area contributed by atoms with Crippen LogP contribution < -0.4 is 5.32 Å². The molecule has 6 nitrogen and oxygen atoms in total. The van der Waals surface area contributed by atoms with Crippen molar-refractivity contribution in [1.82, 2.24) is 15.4 Å². The fourth-order valence-corrected chi connectivity index (χ4v) is 3.32. The van der Waals surface area contributed by atoms with Gasteiger partial charge in [-0.15, -0.1) is 0 Å². The molecule has 1 aromatic rings. The average molecular weight is 291 g/mol. The molecule has 0 radical (unpaired) electrons. The zero-order valence-electron chi connectivity index (χ0n) is 12.6. The fourth-order valence-electron chi connectivity index (χ4n) is 3.32. The van der Waals surface area contributed by atoms with Crippen molar-refractivity contribution in [1.29, 1.82) is 0 Å². The maximum Gasteiger partial charge on any atom is 0.292 e. The van der Waals surface area contributed by atoms with E-state index in [1.165, 1.54) is 0 Å². The van der Waals surface area contributed by atoms with Gasteiger partial charge in [0.15, 0.2) is 0 Å². The molecule has 0 aromatic carbocycles. The van der Waals surface area contributed by atoms with Crippen LogP contribution >= 0.6 is 0 Å². The summed E-state index contributed by atoms with van der Waals surface area (Å²) in [4.78, 5) is 26.3. The summed E-state index contributed by atoms with van der Waals surface area (Å²) in [5.41, 5.74) is 1.39. The van der Waals surface area contributed by atoms with Gasteiger partial charge >= 0.3 is 0 Å². The summed E-state index contributed by atoms with van der Waals surface area (Å²) in [7, 11) is 1.63. The quantitative estimate of drug-likeness (QED) is 0.887. The lowest BCUT2D eigenvalue weighted by Crippen LogP contribution is -2.40. The molecule has 0 saturated carbocycles. The zero-order valence-corrected chi connectivity index (χ0v) is 12.6. The van der Waals surface area contributed by atoms with Crippen molar-refractivity contribution in [2.24, 2.45) is 5.41 Å². The molecule has 1 fully saturated rings. The Morgan fingerprint density at radius 1 is 1.33 bits per heavy atom. The molecule has 2 aliphatic rings. The van der Waals surface area contributed by atoms with E-state index >= 15 is 0 Å². The van der Waals surface area contributed by atoms with Crippen LogP contribution in [-0.2, 0) is 17.6 Å². The van der Waals surface area contributed by atoms with E-state index in [9.17, 15) is 9.59 Å². The van der Waals surface area contributed by atoms with Crippen LogP contribution in [0.3, 0.4) is 0 Å². The van der Waals surface area contributed by atoms with Crippen molar-refractivity contribution in [3.05, 3.63) is 17.0 Å². The molecule has 1 saturated heterocycles. The van der Waals surface area contributed by atoms with E-state index in [4.69, 9.17) is 4.52 Å². The number of hydrogen-bond donors (Lipinski definition) is 1. The van der Waals surface area contributed by atoms with Crippen molar-refractivity contribution in [2.75, 3.05) is 20.1 Å². The van der Waals surface area contributed by atoms with Crippen LogP contribution in [0.2, 0.25) is 0 Å². The molecule has 1 aliphatic heterocycles. The first-order valence-electron chi connectivity index (χ1n) is 7.54. The Hall–Kier alpha value is -1.85. The lowest BCUT2D eigenvalue weighted by Gasteiger charge is -2.22. The molecule has 2 heterocycles. The minimum absolute atomic E-state index is 0.0163. The van der Waals surface area contributed by atoms with Crippen LogP contribution in [-0.4, -0.2) is 42.0 Å². The van der Waals surface area contributed by atoms with Crippen molar-refractivity contribution in [3.63, 3.8) is 0 Å². The molecule has 114 valence electrons. The second-order valence-corrected chi connectivity index (χ2v) is 6.26. The van der Waals surface area contributed by atoms with E-state index < -0.39 is 5.41 Å². The molecule has 6 heteroatoms. The maximum atomic E-state index is 12.6. The number of nitrogens with zero attached hydrogens (tertiary/aromatic N) is 2. The van der Waals surface area contributed by atoms with E-state index in [1.807, 2.05) is 6.92 Å². The maximum absolute atomic E-state index is 12.6. The van der Waals surface area contributed by atoms with E-state index in [1.54, 1.807) is 11.9 Å². The predicted molar refractivity (Wildman–Crippen MR) is 75.8 cm³/mol. The number of rotatable bonds is 2. The number of nitrogens with one attached hydrogen (secondary N) is 1. The third-order valence-electron chi connectivity index (χ3n) is 4.69. The van der Waals surface area contributed by atoms with Gasteiger partial charge in [0.2, 0.25) is 11.7 Å². The standard InChI is InChI=1S/C15H21N3O3/c1-15(14(20)16-2)7-8-18(9-15)13(19)12-10-5-3-4-6-11(10)17-21-12/h3-9H2,1-2H3,(H,16,20). The van der Waals surface area contributed by atoms with Gasteiger partial charge in [-0.05, 0) is 39.0 Å². The SMILES string of the molecule is CNC(=O)C1(C)CCN(C(=O)c2onc3c2CCCC3)C1. The molecular formula is C15H21N3O3. The van der Waals surface area contributed by atoms with Gasteiger partial charge in [0, 0.05) is 25.7 Å².